The summed E-state index contributed by atoms with van der Waals surface area (Å²) in [6.07, 6.45) is 0.644. The van der Waals surface area contributed by atoms with Crippen molar-refractivity contribution < 1.29 is 23.4 Å². The highest BCUT2D eigenvalue weighted by atomic mass is 16.7. The largest absolute Gasteiger partial charge is 0.496 e. The van der Waals surface area contributed by atoms with Gasteiger partial charge >= 0.3 is 14.2 Å². The Morgan fingerprint density at radius 2 is 1.12 bits per heavy atom. The van der Waals surface area contributed by atoms with Gasteiger partial charge in [-0.3, -0.25) is 0 Å². The van der Waals surface area contributed by atoms with Crippen LogP contribution in [0.4, 0.5) is 0 Å². The molecule has 59 heavy (non-hydrogen) atoms. The second-order valence-electron chi connectivity index (χ2n) is 17.6. The summed E-state index contributed by atoms with van der Waals surface area (Å²) >= 11 is 0. The van der Waals surface area contributed by atoms with E-state index < -0.39 is 36.6 Å². The van der Waals surface area contributed by atoms with E-state index in [2.05, 4.69) is 119 Å². The Balaban J connectivity index is 1.03. The van der Waals surface area contributed by atoms with Crippen molar-refractivity contribution in [2.45, 2.75) is 84.2 Å². The number of ether oxygens (including phenoxy) is 1. The predicted octanol–water partition coefficient (Wildman–Crippen LogP) is 10.1. The maximum Gasteiger partial charge on any atom is 0.494 e. The highest BCUT2D eigenvalue weighted by Gasteiger charge is 2.54. The number of hydrogen-bond acceptors (Lipinski definition) is 6. The summed E-state index contributed by atoms with van der Waals surface area (Å²) in [5.41, 5.74) is 8.61. The van der Waals surface area contributed by atoms with Gasteiger partial charge in [0, 0.05) is 12.0 Å². The number of allylic oxidation sites excluding steroid dienone is 1. The average Bonchev–Trinajstić information content (AvgIpc) is 3.60. The summed E-state index contributed by atoms with van der Waals surface area (Å²) < 4.78 is 31.6. The lowest BCUT2D eigenvalue weighted by Gasteiger charge is -2.36. The molecule has 0 radical (unpaired) electrons. The van der Waals surface area contributed by atoms with Gasteiger partial charge in [0.25, 0.3) is 0 Å². The molecule has 0 spiro atoms. The number of hydrogen-bond donors (Lipinski definition) is 0. The molecule has 6 aromatic carbocycles. The van der Waals surface area contributed by atoms with Gasteiger partial charge in [-0.2, -0.15) is 5.26 Å². The highest BCUT2D eigenvalue weighted by molar-refractivity contribution is 6.62. The number of aryl methyl sites for hydroxylation is 1. The minimum absolute atomic E-state index is 0.436. The van der Waals surface area contributed by atoms with Crippen LogP contribution in [0.2, 0.25) is 0 Å². The van der Waals surface area contributed by atoms with Gasteiger partial charge in [-0.1, -0.05) is 115 Å². The molecule has 0 bridgehead atoms. The summed E-state index contributed by atoms with van der Waals surface area (Å²) in [7, 11) is 0.718. The van der Waals surface area contributed by atoms with Crippen molar-refractivity contribution in [2.24, 2.45) is 0 Å². The van der Waals surface area contributed by atoms with E-state index in [1.54, 1.807) is 7.11 Å². The number of nitrogens with zero attached hydrogens (tertiary/aromatic N) is 1. The molecular weight excluding hydrogens is 728 g/mol. The molecule has 2 aliphatic rings. The van der Waals surface area contributed by atoms with Gasteiger partial charge in [0.2, 0.25) is 0 Å². The minimum Gasteiger partial charge on any atom is -0.496 e. The van der Waals surface area contributed by atoms with Crippen molar-refractivity contribution in [1.29, 1.82) is 5.26 Å². The lowest BCUT2D eigenvalue weighted by molar-refractivity contribution is -0.00877. The summed E-state index contributed by atoms with van der Waals surface area (Å²) in [4.78, 5) is 0. The quantitative estimate of drug-likeness (QED) is 0.0827. The average molecular weight is 780 g/mol. The first-order chi connectivity index (χ1) is 28.1. The third-order valence-corrected chi connectivity index (χ3v) is 12.8. The Labute approximate surface area is 350 Å². The number of fused-ring (bicyclic) bond motifs is 1. The molecule has 0 saturated carbocycles. The van der Waals surface area contributed by atoms with Crippen LogP contribution in [0.3, 0.4) is 0 Å². The molecule has 0 amide bonds. The zero-order valence-corrected chi connectivity index (χ0v) is 35.6. The van der Waals surface area contributed by atoms with Gasteiger partial charge in [-0.05, 0) is 134 Å². The monoisotopic (exact) mass is 779 g/mol. The van der Waals surface area contributed by atoms with E-state index in [1.165, 1.54) is 0 Å². The van der Waals surface area contributed by atoms with Gasteiger partial charge in [-0.15, -0.1) is 0 Å². The van der Waals surface area contributed by atoms with E-state index in [4.69, 9.17) is 23.4 Å². The first-order valence-corrected chi connectivity index (χ1v) is 20.4. The Hall–Kier alpha value is -5.42. The van der Waals surface area contributed by atoms with Gasteiger partial charge in [-0.25, -0.2) is 0 Å². The fourth-order valence-corrected chi connectivity index (χ4v) is 8.12. The minimum atomic E-state index is -0.612. The fourth-order valence-electron chi connectivity index (χ4n) is 8.12. The van der Waals surface area contributed by atoms with Crippen molar-refractivity contribution >= 4 is 47.1 Å². The van der Waals surface area contributed by atoms with Crippen LogP contribution >= 0.6 is 0 Å². The van der Waals surface area contributed by atoms with Crippen LogP contribution < -0.4 is 15.7 Å². The van der Waals surface area contributed by atoms with Gasteiger partial charge in [0.1, 0.15) is 11.8 Å². The van der Waals surface area contributed by atoms with E-state index in [0.29, 0.717) is 12.0 Å². The van der Waals surface area contributed by atoms with E-state index in [1.807, 2.05) is 76.2 Å². The molecule has 296 valence electrons. The normalized spacial score (nSPS) is 19.7. The number of benzene rings is 6. The predicted molar refractivity (Wildman–Crippen MR) is 241 cm³/mol. The molecule has 2 saturated heterocycles. The molecule has 0 aliphatic carbocycles. The zero-order valence-electron chi connectivity index (χ0n) is 35.6. The topological polar surface area (TPSA) is 69.9 Å². The van der Waals surface area contributed by atoms with Crippen molar-refractivity contribution in [3.05, 3.63) is 161 Å². The molecule has 2 fully saturated rings. The van der Waals surface area contributed by atoms with E-state index in [9.17, 15) is 5.26 Å². The molecule has 6 aromatic rings. The summed E-state index contributed by atoms with van der Waals surface area (Å²) in [6.45, 7) is 16.6. The third kappa shape index (κ3) is 7.65. The lowest BCUT2D eigenvalue weighted by atomic mass is 9.78. The lowest BCUT2D eigenvalue weighted by Crippen LogP contribution is -2.46. The van der Waals surface area contributed by atoms with Gasteiger partial charge in [0.05, 0.1) is 35.1 Å². The van der Waals surface area contributed by atoms with Crippen LogP contribution in [0.5, 0.6) is 5.75 Å². The first kappa shape index (κ1) is 40.4. The van der Waals surface area contributed by atoms with Crippen LogP contribution in [-0.4, -0.2) is 43.8 Å². The zero-order chi connectivity index (χ0) is 41.7. The third-order valence-electron chi connectivity index (χ3n) is 12.8. The Bertz CT molecular complexity index is 2580. The van der Waals surface area contributed by atoms with Crippen LogP contribution in [0.1, 0.15) is 76.3 Å². The molecule has 8 rings (SSSR count). The maximum atomic E-state index is 10.7. The first-order valence-electron chi connectivity index (χ1n) is 20.4. The van der Waals surface area contributed by atoms with Crippen LogP contribution in [0.15, 0.2) is 133 Å². The second kappa shape index (κ2) is 15.3. The van der Waals surface area contributed by atoms with Crippen LogP contribution in [-0.2, 0) is 25.0 Å². The number of nitriles is 1. The smallest absolute Gasteiger partial charge is 0.494 e. The maximum absolute atomic E-state index is 10.7. The van der Waals surface area contributed by atoms with Crippen molar-refractivity contribution in [1.82, 2.24) is 0 Å². The SMILES string of the molecule is COc1ccc(-c2ccc3cc(B4OC(C)(C)C(C)(Cc5ccc(C(=C(C#N)c6ccc(B7OC(C)(C)C(C)(C)O7)cc6)c6ccccc6)cc5)O4)ccc3c2)cc1C. The molecule has 1 atom stereocenters. The second-order valence-corrected chi connectivity index (χ2v) is 17.6. The Morgan fingerprint density at radius 3 is 1.76 bits per heavy atom. The van der Waals surface area contributed by atoms with Crippen molar-refractivity contribution in [3.8, 4) is 22.9 Å². The molecular formula is C51H51B2NO5. The summed E-state index contributed by atoms with van der Waals surface area (Å²) in [5.74, 6) is 0.889. The molecule has 0 aromatic heterocycles. The van der Waals surface area contributed by atoms with E-state index in [-0.39, 0.29) is 0 Å². The Kier molecular flexibility index (Phi) is 10.5. The van der Waals surface area contributed by atoms with Crippen molar-refractivity contribution in [3.63, 3.8) is 0 Å². The number of methoxy groups -OCH3 is 1. The summed E-state index contributed by atoms with van der Waals surface area (Å²) in [5, 5.41) is 13.0. The molecule has 2 heterocycles. The standard InChI is InChI=1S/C51H51B2NO5/c1-34-29-39(24-28-46(34)55-9)40-19-20-42-31-44(27-23-41(42)30-40)53-58-50(6,7)51(8,59-53)32-35-15-17-38(18-16-35)47(37-13-11-10-12-14-37)45(33-54)36-21-25-43(26-22-36)52-56-48(2,3)49(4,5)57-52/h10-31H,32H2,1-9H3. The van der Waals surface area contributed by atoms with Crippen molar-refractivity contribution in [2.75, 3.05) is 7.11 Å². The Morgan fingerprint density at radius 1 is 0.576 bits per heavy atom. The van der Waals surface area contributed by atoms with Gasteiger partial charge in [0.15, 0.2) is 0 Å². The van der Waals surface area contributed by atoms with E-state index in [0.717, 1.165) is 72.0 Å². The van der Waals surface area contributed by atoms with E-state index >= 15 is 0 Å². The summed E-state index contributed by atoms with van der Waals surface area (Å²) in [6, 6.07) is 48.4. The van der Waals surface area contributed by atoms with Crippen LogP contribution in [0, 0.1) is 18.3 Å². The molecule has 0 N–H and O–H groups in total. The van der Waals surface area contributed by atoms with Gasteiger partial charge < -0.3 is 23.4 Å². The molecule has 2 aliphatic heterocycles. The van der Waals surface area contributed by atoms with Crippen LogP contribution in [0.25, 0.3) is 33.0 Å². The fraction of sp³-hybridized carbons (Fsp3) is 0.275. The highest BCUT2D eigenvalue weighted by Crippen LogP contribution is 2.41. The molecule has 6 nitrogen and oxygen atoms in total. The molecule has 8 heteroatoms. The number of rotatable bonds is 9. The molecule has 1 unspecified atom stereocenters.